The van der Waals surface area contributed by atoms with Crippen LogP contribution in [0.3, 0.4) is 0 Å². The van der Waals surface area contributed by atoms with Crippen molar-refractivity contribution in [1.29, 1.82) is 0 Å². The van der Waals surface area contributed by atoms with Crippen LogP contribution in [0.15, 0.2) is 36.5 Å². The van der Waals surface area contributed by atoms with Gasteiger partial charge in [-0.3, -0.25) is 4.79 Å². The van der Waals surface area contributed by atoms with E-state index in [2.05, 4.69) is 4.98 Å². The molecule has 0 N–H and O–H groups in total. The first-order chi connectivity index (χ1) is 9.58. The highest BCUT2D eigenvalue weighted by Gasteiger charge is 2.08. The van der Waals surface area contributed by atoms with E-state index in [0.29, 0.717) is 11.5 Å². The van der Waals surface area contributed by atoms with Crippen LogP contribution in [0, 0.1) is 5.82 Å². The molecule has 0 bridgehead atoms. The highest BCUT2D eigenvalue weighted by atomic mass is 35.5. The number of carbonyl (C=O) groups excluding carboxylic acids is 1. The molecule has 0 aliphatic carbocycles. The SMILES string of the molecule is C[C@H]([C]=O)Oc1ccc(Oc2ncc(Cl)cc2F)cc1. The molecule has 103 valence electrons. The van der Waals surface area contributed by atoms with Crippen molar-refractivity contribution in [3.8, 4) is 17.4 Å². The van der Waals surface area contributed by atoms with Crippen LogP contribution < -0.4 is 9.47 Å². The van der Waals surface area contributed by atoms with Gasteiger partial charge in [-0.15, -0.1) is 0 Å². The third-order valence-corrected chi connectivity index (χ3v) is 2.50. The second-order valence-corrected chi connectivity index (χ2v) is 4.33. The Kier molecular flexibility index (Phi) is 4.53. The first-order valence-electron chi connectivity index (χ1n) is 5.72. The number of ether oxygens (including phenoxy) is 2. The zero-order valence-electron chi connectivity index (χ0n) is 10.5. The van der Waals surface area contributed by atoms with E-state index in [1.165, 1.54) is 6.20 Å². The van der Waals surface area contributed by atoms with Gasteiger partial charge in [-0.25, -0.2) is 9.37 Å². The summed E-state index contributed by atoms with van der Waals surface area (Å²) in [4.78, 5) is 14.1. The summed E-state index contributed by atoms with van der Waals surface area (Å²) in [6.07, 6.45) is 2.34. The van der Waals surface area contributed by atoms with Gasteiger partial charge in [0.2, 0.25) is 6.29 Å². The Morgan fingerprint density at radius 1 is 1.30 bits per heavy atom. The van der Waals surface area contributed by atoms with Crippen LogP contribution in [0.1, 0.15) is 6.92 Å². The second-order valence-electron chi connectivity index (χ2n) is 3.89. The number of aromatic nitrogens is 1. The minimum Gasteiger partial charge on any atom is -0.482 e. The topological polar surface area (TPSA) is 48.4 Å². The lowest BCUT2D eigenvalue weighted by molar-refractivity contribution is 0.278. The minimum atomic E-state index is -0.655. The Bertz CT molecular complexity index is 604. The van der Waals surface area contributed by atoms with Gasteiger partial charge < -0.3 is 9.47 Å². The van der Waals surface area contributed by atoms with E-state index >= 15 is 0 Å². The van der Waals surface area contributed by atoms with Gasteiger partial charge in [-0.05, 0) is 37.3 Å². The summed E-state index contributed by atoms with van der Waals surface area (Å²) in [5, 5.41) is 0.192. The largest absolute Gasteiger partial charge is 0.482 e. The normalized spacial score (nSPS) is 11.8. The maximum Gasteiger partial charge on any atom is 0.255 e. The summed E-state index contributed by atoms with van der Waals surface area (Å²) in [6, 6.07) is 7.45. The molecule has 1 aromatic heterocycles. The molecule has 0 unspecified atom stereocenters. The molecule has 1 heterocycles. The van der Waals surface area contributed by atoms with Crippen LogP contribution in [-0.4, -0.2) is 17.4 Å². The summed E-state index contributed by atoms with van der Waals surface area (Å²) in [5.74, 6) is 0.0474. The van der Waals surface area contributed by atoms with E-state index < -0.39 is 11.9 Å². The molecule has 2 rings (SSSR count). The fourth-order valence-electron chi connectivity index (χ4n) is 1.40. The van der Waals surface area contributed by atoms with Gasteiger partial charge in [-0.2, -0.15) is 0 Å². The van der Waals surface area contributed by atoms with E-state index in [-0.39, 0.29) is 10.9 Å². The highest BCUT2D eigenvalue weighted by Crippen LogP contribution is 2.25. The third kappa shape index (κ3) is 3.68. The maximum absolute atomic E-state index is 13.5. The molecule has 6 heteroatoms. The monoisotopic (exact) mass is 294 g/mol. The quantitative estimate of drug-likeness (QED) is 0.846. The van der Waals surface area contributed by atoms with Gasteiger partial charge in [0.15, 0.2) is 11.9 Å². The lowest BCUT2D eigenvalue weighted by atomic mass is 10.3. The van der Waals surface area contributed by atoms with Crippen LogP contribution >= 0.6 is 11.6 Å². The molecular formula is C14H10ClFNO3. The summed E-state index contributed by atoms with van der Waals surface area (Å²) in [5.41, 5.74) is 0. The van der Waals surface area contributed by atoms with E-state index in [9.17, 15) is 9.18 Å². The predicted molar refractivity (Wildman–Crippen MR) is 71.5 cm³/mol. The molecule has 2 aromatic rings. The van der Waals surface area contributed by atoms with Crippen molar-refractivity contribution in [3.05, 3.63) is 47.4 Å². The Morgan fingerprint density at radius 2 is 1.95 bits per heavy atom. The number of benzene rings is 1. The molecule has 20 heavy (non-hydrogen) atoms. The van der Waals surface area contributed by atoms with Gasteiger partial charge in [0.05, 0.1) is 5.02 Å². The Labute approximate surface area is 120 Å². The Morgan fingerprint density at radius 3 is 2.55 bits per heavy atom. The number of nitrogens with zero attached hydrogens (tertiary/aromatic N) is 1. The first-order valence-corrected chi connectivity index (χ1v) is 6.09. The summed E-state index contributed by atoms with van der Waals surface area (Å²) in [7, 11) is 0. The molecule has 4 nitrogen and oxygen atoms in total. The van der Waals surface area contributed by atoms with Gasteiger partial charge in [-0.1, -0.05) is 11.6 Å². The van der Waals surface area contributed by atoms with Crippen LogP contribution in [0.5, 0.6) is 17.4 Å². The van der Waals surface area contributed by atoms with Crippen molar-refractivity contribution in [3.63, 3.8) is 0 Å². The van der Waals surface area contributed by atoms with E-state index in [1.54, 1.807) is 37.5 Å². The summed E-state index contributed by atoms with van der Waals surface area (Å²) in [6.45, 7) is 1.57. The molecule has 0 aliphatic rings. The van der Waals surface area contributed by atoms with Crippen molar-refractivity contribution in [1.82, 2.24) is 4.98 Å². The highest BCUT2D eigenvalue weighted by molar-refractivity contribution is 6.30. The maximum atomic E-state index is 13.5. The molecule has 0 saturated carbocycles. The molecular weight excluding hydrogens is 285 g/mol. The first kappa shape index (κ1) is 14.3. The molecule has 0 aliphatic heterocycles. The van der Waals surface area contributed by atoms with Crippen molar-refractivity contribution in [2.24, 2.45) is 0 Å². The van der Waals surface area contributed by atoms with E-state index in [4.69, 9.17) is 21.1 Å². The average Bonchev–Trinajstić information content (AvgIpc) is 2.44. The van der Waals surface area contributed by atoms with Crippen molar-refractivity contribution in [2.45, 2.75) is 13.0 Å². The van der Waals surface area contributed by atoms with Crippen molar-refractivity contribution < 1.29 is 18.7 Å². The van der Waals surface area contributed by atoms with Crippen LogP contribution in [0.25, 0.3) is 0 Å². The number of hydrogen-bond donors (Lipinski definition) is 0. The summed E-state index contributed by atoms with van der Waals surface area (Å²) < 4.78 is 24.0. The third-order valence-electron chi connectivity index (χ3n) is 2.29. The van der Waals surface area contributed by atoms with E-state index in [0.717, 1.165) is 6.07 Å². The standard InChI is InChI=1S/C14H10ClFNO3/c1-9(8-18)19-11-2-4-12(5-3-11)20-14-13(16)6-10(15)7-17-14/h2-7,9H,1H3/t9-/m1/s1. The number of pyridine rings is 1. The molecule has 0 amide bonds. The zero-order valence-corrected chi connectivity index (χ0v) is 11.2. The molecule has 0 fully saturated rings. The van der Waals surface area contributed by atoms with Crippen molar-refractivity contribution >= 4 is 17.9 Å². The molecule has 1 aromatic carbocycles. The fraction of sp³-hybridized carbons (Fsp3) is 0.143. The Hall–Kier alpha value is -2.14. The smallest absolute Gasteiger partial charge is 0.255 e. The number of halogens is 2. The van der Waals surface area contributed by atoms with Crippen LogP contribution in [0.2, 0.25) is 5.02 Å². The molecule has 0 spiro atoms. The summed E-state index contributed by atoms with van der Waals surface area (Å²) >= 11 is 5.60. The fourth-order valence-corrected chi connectivity index (χ4v) is 1.55. The van der Waals surface area contributed by atoms with Gasteiger partial charge in [0.25, 0.3) is 5.88 Å². The second kappa shape index (κ2) is 6.34. The van der Waals surface area contributed by atoms with Crippen LogP contribution in [0.4, 0.5) is 4.39 Å². The molecule has 1 atom stereocenters. The number of rotatable bonds is 5. The zero-order chi connectivity index (χ0) is 14.5. The van der Waals surface area contributed by atoms with Gasteiger partial charge in [0.1, 0.15) is 11.5 Å². The average molecular weight is 295 g/mol. The van der Waals surface area contributed by atoms with E-state index in [1.807, 2.05) is 0 Å². The lowest BCUT2D eigenvalue weighted by Gasteiger charge is -2.09. The van der Waals surface area contributed by atoms with Gasteiger partial charge in [0, 0.05) is 6.20 Å². The van der Waals surface area contributed by atoms with Crippen molar-refractivity contribution in [2.75, 3.05) is 0 Å². The minimum absolute atomic E-state index is 0.169. The Balaban J connectivity index is 2.08. The number of hydrogen-bond acceptors (Lipinski definition) is 4. The molecule has 1 radical (unpaired) electrons. The molecule has 0 saturated heterocycles. The predicted octanol–water partition coefficient (Wildman–Crippen LogP) is 3.54. The van der Waals surface area contributed by atoms with Gasteiger partial charge >= 0.3 is 0 Å². The van der Waals surface area contributed by atoms with Crippen LogP contribution in [-0.2, 0) is 4.79 Å². The lowest BCUT2D eigenvalue weighted by Crippen LogP contribution is -2.12.